The fourth-order valence-corrected chi connectivity index (χ4v) is 2.63. The van der Waals surface area contributed by atoms with Crippen LogP contribution in [0.4, 0.5) is 28.8 Å². The van der Waals surface area contributed by atoms with E-state index in [1.54, 1.807) is 36.7 Å². The van der Waals surface area contributed by atoms with Crippen LogP contribution in [0.3, 0.4) is 0 Å². The van der Waals surface area contributed by atoms with Gasteiger partial charge in [-0.1, -0.05) is 12.1 Å². The Morgan fingerprint density at radius 2 is 1.63 bits per heavy atom. The summed E-state index contributed by atoms with van der Waals surface area (Å²) in [5.74, 6) is 0.568. The Bertz CT molecular complexity index is 1110. The van der Waals surface area contributed by atoms with E-state index >= 15 is 0 Å². The second kappa shape index (κ2) is 7.00. The van der Waals surface area contributed by atoms with Gasteiger partial charge in [0.25, 0.3) is 0 Å². The van der Waals surface area contributed by atoms with Crippen molar-refractivity contribution in [2.75, 3.05) is 10.6 Å². The van der Waals surface area contributed by atoms with Gasteiger partial charge in [0.15, 0.2) is 0 Å². The summed E-state index contributed by atoms with van der Waals surface area (Å²) < 4.78 is 0. The Hall–Kier alpha value is -4.14. The fraction of sp³-hybridized carbons (Fsp3) is 0. The van der Waals surface area contributed by atoms with Crippen LogP contribution < -0.4 is 10.6 Å². The van der Waals surface area contributed by atoms with Gasteiger partial charge in [0, 0.05) is 23.5 Å². The molecular weight excluding hydrogens is 346 g/mol. The summed E-state index contributed by atoms with van der Waals surface area (Å²) in [4.78, 5) is 27.6. The van der Waals surface area contributed by atoms with E-state index in [0.717, 1.165) is 10.9 Å². The molecule has 0 spiro atoms. The number of hydrogen-bond donors (Lipinski definition) is 2. The molecule has 4 aromatic rings. The van der Waals surface area contributed by atoms with Crippen LogP contribution in [0.5, 0.6) is 0 Å². The smallest absolute Gasteiger partial charge is 0.334 e. The summed E-state index contributed by atoms with van der Waals surface area (Å²) in [5.41, 5.74) is 1.15. The van der Waals surface area contributed by atoms with Crippen molar-refractivity contribution in [2.24, 2.45) is 0 Å². The highest BCUT2D eigenvalue weighted by Gasteiger charge is 2.24. The molecule has 0 radical (unpaired) electrons. The number of rotatable bonds is 5. The van der Waals surface area contributed by atoms with E-state index in [0.29, 0.717) is 11.5 Å². The second-order valence-electron chi connectivity index (χ2n) is 5.52. The molecule has 0 bridgehead atoms. The molecule has 1 aromatic carbocycles. The SMILES string of the molecule is O=[N+]([O-])c1c(Nc2ccccn2)ncnc1Nc1cccc2ncccc12. The zero-order chi connectivity index (χ0) is 18.6. The number of anilines is 4. The van der Waals surface area contributed by atoms with Crippen molar-refractivity contribution in [1.82, 2.24) is 19.9 Å². The largest absolute Gasteiger partial charge is 0.353 e. The van der Waals surface area contributed by atoms with Crippen molar-refractivity contribution in [3.05, 3.63) is 77.4 Å². The van der Waals surface area contributed by atoms with Crippen LogP contribution in [0, 0.1) is 10.1 Å². The molecule has 9 nitrogen and oxygen atoms in total. The lowest BCUT2D eigenvalue weighted by atomic mass is 10.2. The first-order valence-corrected chi connectivity index (χ1v) is 8.00. The van der Waals surface area contributed by atoms with Gasteiger partial charge in [0.1, 0.15) is 12.1 Å². The minimum Gasteiger partial charge on any atom is -0.334 e. The molecule has 3 heterocycles. The van der Waals surface area contributed by atoms with Gasteiger partial charge in [-0.05, 0) is 36.4 Å². The Morgan fingerprint density at radius 3 is 2.41 bits per heavy atom. The summed E-state index contributed by atoms with van der Waals surface area (Å²) in [5, 5.41) is 18.4. The third-order valence-electron chi connectivity index (χ3n) is 3.81. The summed E-state index contributed by atoms with van der Waals surface area (Å²) in [7, 11) is 0. The first-order chi connectivity index (χ1) is 13.2. The van der Waals surface area contributed by atoms with Crippen molar-refractivity contribution >= 4 is 39.7 Å². The van der Waals surface area contributed by atoms with Crippen LogP contribution in [-0.4, -0.2) is 24.9 Å². The van der Waals surface area contributed by atoms with Crippen LogP contribution in [0.15, 0.2) is 67.3 Å². The maximum Gasteiger partial charge on any atom is 0.353 e. The van der Waals surface area contributed by atoms with E-state index < -0.39 is 4.92 Å². The predicted molar refractivity (Wildman–Crippen MR) is 101 cm³/mol. The van der Waals surface area contributed by atoms with E-state index in [1.807, 2.05) is 24.3 Å². The van der Waals surface area contributed by atoms with Gasteiger partial charge < -0.3 is 10.6 Å². The summed E-state index contributed by atoms with van der Waals surface area (Å²) >= 11 is 0. The van der Waals surface area contributed by atoms with E-state index in [1.165, 1.54) is 6.33 Å². The minimum absolute atomic E-state index is 0.0505. The normalized spacial score (nSPS) is 10.5. The average molecular weight is 359 g/mol. The molecule has 0 unspecified atom stereocenters. The van der Waals surface area contributed by atoms with Gasteiger partial charge >= 0.3 is 5.69 Å². The second-order valence-corrected chi connectivity index (χ2v) is 5.52. The van der Waals surface area contributed by atoms with E-state index in [9.17, 15) is 10.1 Å². The molecule has 0 aliphatic rings. The van der Waals surface area contributed by atoms with Crippen LogP contribution in [0.2, 0.25) is 0 Å². The molecular formula is C18H13N7O2. The van der Waals surface area contributed by atoms with E-state index in [-0.39, 0.29) is 17.3 Å². The average Bonchev–Trinajstić information content (AvgIpc) is 2.69. The monoisotopic (exact) mass is 359 g/mol. The lowest BCUT2D eigenvalue weighted by molar-refractivity contribution is -0.383. The number of fused-ring (bicyclic) bond motifs is 1. The Morgan fingerprint density at radius 1 is 0.815 bits per heavy atom. The molecule has 2 N–H and O–H groups in total. The molecule has 4 rings (SSSR count). The molecule has 27 heavy (non-hydrogen) atoms. The third-order valence-corrected chi connectivity index (χ3v) is 3.81. The first-order valence-electron chi connectivity index (χ1n) is 8.00. The zero-order valence-corrected chi connectivity index (χ0v) is 13.9. The number of nitro groups is 1. The molecule has 0 amide bonds. The van der Waals surface area contributed by atoms with Gasteiger partial charge in [0.2, 0.25) is 11.6 Å². The molecule has 0 saturated heterocycles. The Labute approximate surface area is 153 Å². The highest BCUT2D eigenvalue weighted by molar-refractivity contribution is 5.93. The zero-order valence-electron chi connectivity index (χ0n) is 13.9. The maximum atomic E-state index is 11.7. The predicted octanol–water partition coefficient (Wildman–Crippen LogP) is 3.82. The van der Waals surface area contributed by atoms with Gasteiger partial charge in [0.05, 0.1) is 10.4 Å². The first kappa shape index (κ1) is 16.3. The van der Waals surface area contributed by atoms with Crippen LogP contribution in [0.1, 0.15) is 0 Å². The van der Waals surface area contributed by atoms with Crippen molar-refractivity contribution in [3.63, 3.8) is 0 Å². The topological polar surface area (TPSA) is 119 Å². The van der Waals surface area contributed by atoms with Crippen molar-refractivity contribution in [2.45, 2.75) is 0 Å². The number of nitrogens with one attached hydrogen (secondary N) is 2. The summed E-state index contributed by atoms with van der Waals surface area (Å²) in [6.45, 7) is 0. The lowest BCUT2D eigenvalue weighted by Gasteiger charge is -2.11. The number of pyridine rings is 2. The number of hydrogen-bond acceptors (Lipinski definition) is 8. The van der Waals surface area contributed by atoms with E-state index in [2.05, 4.69) is 30.6 Å². The Balaban J connectivity index is 1.76. The van der Waals surface area contributed by atoms with Gasteiger partial charge in [-0.25, -0.2) is 15.0 Å². The molecule has 0 atom stereocenters. The van der Waals surface area contributed by atoms with Crippen LogP contribution in [-0.2, 0) is 0 Å². The lowest BCUT2D eigenvalue weighted by Crippen LogP contribution is -2.06. The summed E-state index contributed by atoms with van der Waals surface area (Å²) in [6, 6.07) is 14.4. The molecule has 0 fully saturated rings. The van der Waals surface area contributed by atoms with Crippen molar-refractivity contribution < 1.29 is 4.92 Å². The minimum atomic E-state index is -0.531. The highest BCUT2D eigenvalue weighted by atomic mass is 16.6. The number of nitrogens with zero attached hydrogens (tertiary/aromatic N) is 5. The molecule has 3 aromatic heterocycles. The molecule has 0 aliphatic heterocycles. The van der Waals surface area contributed by atoms with Crippen LogP contribution in [0.25, 0.3) is 10.9 Å². The standard InChI is InChI=1S/C18H13N7O2/c26-25(27)16-17(21-11-22-18(16)24-15-8-1-2-9-20-15)23-14-7-3-6-13-12(14)5-4-10-19-13/h1-11H,(H2,20,21,22,23,24). The molecule has 0 aliphatic carbocycles. The fourth-order valence-electron chi connectivity index (χ4n) is 2.63. The molecule has 9 heteroatoms. The summed E-state index contributed by atoms with van der Waals surface area (Å²) in [6.07, 6.45) is 4.52. The highest BCUT2D eigenvalue weighted by Crippen LogP contribution is 2.34. The van der Waals surface area contributed by atoms with Crippen molar-refractivity contribution in [3.8, 4) is 0 Å². The quantitative estimate of drug-likeness (QED) is 0.408. The van der Waals surface area contributed by atoms with E-state index in [4.69, 9.17) is 0 Å². The molecule has 0 saturated carbocycles. The van der Waals surface area contributed by atoms with Gasteiger partial charge in [-0.2, -0.15) is 0 Å². The molecule has 132 valence electrons. The number of benzene rings is 1. The Kier molecular flexibility index (Phi) is 4.24. The third kappa shape index (κ3) is 3.33. The maximum absolute atomic E-state index is 11.7. The van der Waals surface area contributed by atoms with Crippen LogP contribution >= 0.6 is 0 Å². The van der Waals surface area contributed by atoms with Gasteiger partial charge in [-0.3, -0.25) is 15.1 Å². The van der Waals surface area contributed by atoms with Crippen molar-refractivity contribution in [1.29, 1.82) is 0 Å². The van der Waals surface area contributed by atoms with Gasteiger partial charge in [-0.15, -0.1) is 0 Å². The number of aromatic nitrogens is 4.